The summed E-state index contributed by atoms with van der Waals surface area (Å²) in [6, 6.07) is 1.47. The smallest absolute Gasteiger partial charge is 0.377 e. The second-order valence-electron chi connectivity index (χ2n) is 6.61. The van der Waals surface area contributed by atoms with E-state index >= 15 is 0 Å². The quantitative estimate of drug-likeness (QED) is 0.582. The average Bonchev–Trinajstić information content (AvgIpc) is 2.53. The molecule has 0 aromatic carbocycles. The van der Waals surface area contributed by atoms with E-state index < -0.39 is 26.5 Å². The van der Waals surface area contributed by atoms with Gasteiger partial charge in [0, 0.05) is 12.6 Å². The standard InChI is InChI=1S/C15H20ClF3N4O3S/c1-9-8-26-6-5-23(9)11-7-10(20-13(16)21-11)14(2,3)27(4,25)22-12(24)15(17,18)19/h7,9H,4-6,8H2,1-3H3,(H,22,24,25)/t9-,27?/m1/s1. The number of aromatic nitrogens is 2. The first kappa shape index (κ1) is 21.7. The van der Waals surface area contributed by atoms with Gasteiger partial charge in [-0.2, -0.15) is 13.2 Å². The topological polar surface area (TPSA) is 84.4 Å². The Morgan fingerprint density at radius 3 is 2.63 bits per heavy atom. The molecule has 2 rings (SSSR count). The number of morpholine rings is 1. The Kier molecular flexibility index (Phi) is 5.98. The summed E-state index contributed by atoms with van der Waals surface area (Å²) in [5, 5.41) is -0.161. The number of halogens is 4. The summed E-state index contributed by atoms with van der Waals surface area (Å²) >= 11 is 5.99. The van der Waals surface area contributed by atoms with Crippen molar-refractivity contribution in [1.82, 2.24) is 14.7 Å². The second kappa shape index (κ2) is 7.44. The minimum atomic E-state index is -5.19. The maximum Gasteiger partial charge on any atom is 0.472 e. The third-order valence-electron chi connectivity index (χ3n) is 4.30. The van der Waals surface area contributed by atoms with Crippen LogP contribution in [0, 0.1) is 0 Å². The lowest BCUT2D eigenvalue weighted by Crippen LogP contribution is -2.48. The van der Waals surface area contributed by atoms with Crippen molar-refractivity contribution in [3.05, 3.63) is 17.0 Å². The molecule has 1 fully saturated rings. The Morgan fingerprint density at radius 2 is 2.07 bits per heavy atom. The van der Waals surface area contributed by atoms with Crippen molar-refractivity contribution in [2.45, 2.75) is 37.7 Å². The van der Waals surface area contributed by atoms with Gasteiger partial charge >= 0.3 is 12.1 Å². The number of alkyl halides is 3. The SMILES string of the molecule is C=S(=O)(NC(=O)C(F)(F)F)C(C)(C)c1cc(N2CCOC[C@H]2C)nc(Cl)n1. The highest BCUT2D eigenvalue weighted by atomic mass is 35.5. The fourth-order valence-corrected chi connectivity index (χ4v) is 3.72. The van der Waals surface area contributed by atoms with Gasteiger partial charge in [0.05, 0.1) is 39.4 Å². The van der Waals surface area contributed by atoms with E-state index in [9.17, 15) is 22.2 Å². The summed E-state index contributed by atoms with van der Waals surface area (Å²) in [5.74, 6) is 1.40. The number of rotatable bonds is 4. The summed E-state index contributed by atoms with van der Waals surface area (Å²) < 4.78 is 55.8. The number of nitrogens with one attached hydrogen (secondary N) is 1. The average molecular weight is 429 g/mol. The lowest BCUT2D eigenvalue weighted by Gasteiger charge is -2.35. The first-order chi connectivity index (χ1) is 12.3. The van der Waals surface area contributed by atoms with Gasteiger partial charge in [0.2, 0.25) is 5.28 Å². The minimum Gasteiger partial charge on any atom is -0.377 e. The minimum absolute atomic E-state index is 0.0188. The Balaban J connectivity index is 2.42. The van der Waals surface area contributed by atoms with Crippen LogP contribution >= 0.6 is 11.6 Å². The zero-order valence-corrected chi connectivity index (χ0v) is 16.5. The Hall–Kier alpha value is -1.59. The molecule has 0 aliphatic carbocycles. The largest absolute Gasteiger partial charge is 0.472 e. The lowest BCUT2D eigenvalue weighted by atomic mass is 10.1. The molecule has 0 spiro atoms. The second-order valence-corrected chi connectivity index (χ2v) is 9.53. The van der Waals surface area contributed by atoms with Crippen molar-refractivity contribution in [2.24, 2.45) is 0 Å². The van der Waals surface area contributed by atoms with Crippen molar-refractivity contribution in [3.8, 4) is 0 Å². The molecule has 152 valence electrons. The van der Waals surface area contributed by atoms with Gasteiger partial charge in [-0.25, -0.2) is 14.2 Å². The van der Waals surface area contributed by atoms with E-state index in [4.69, 9.17) is 16.3 Å². The van der Waals surface area contributed by atoms with Crippen LogP contribution in [-0.4, -0.2) is 57.9 Å². The molecule has 27 heavy (non-hydrogen) atoms. The van der Waals surface area contributed by atoms with E-state index in [0.717, 1.165) is 0 Å². The van der Waals surface area contributed by atoms with Crippen molar-refractivity contribution in [3.63, 3.8) is 0 Å². The number of hydrogen-bond donors (Lipinski definition) is 1. The zero-order chi connectivity index (χ0) is 20.6. The van der Waals surface area contributed by atoms with Gasteiger partial charge in [0.25, 0.3) is 0 Å². The molecule has 0 saturated carbocycles. The molecule has 1 saturated heterocycles. The molecule has 0 bridgehead atoms. The fourth-order valence-electron chi connectivity index (χ4n) is 2.43. The molecule has 2 atom stereocenters. The molecule has 1 aliphatic heterocycles. The van der Waals surface area contributed by atoms with E-state index in [1.54, 1.807) is 0 Å². The van der Waals surface area contributed by atoms with Crippen LogP contribution in [0.4, 0.5) is 19.0 Å². The van der Waals surface area contributed by atoms with E-state index in [1.165, 1.54) is 24.6 Å². The number of carbonyl (C=O) groups excluding carboxylic acids is 1. The summed E-state index contributed by atoms with van der Waals surface area (Å²) in [6.07, 6.45) is -5.19. The van der Waals surface area contributed by atoms with Crippen molar-refractivity contribution < 1.29 is 26.9 Å². The Bertz CT molecular complexity index is 830. The van der Waals surface area contributed by atoms with E-state index in [-0.39, 0.29) is 17.0 Å². The maximum atomic E-state index is 12.8. The Labute approximate surface area is 160 Å². The first-order valence-corrected chi connectivity index (χ1v) is 10.0. The van der Waals surface area contributed by atoms with E-state index in [1.807, 2.05) is 11.8 Å². The molecular weight excluding hydrogens is 409 g/mol. The lowest BCUT2D eigenvalue weighted by molar-refractivity contribution is -0.171. The molecule has 1 unspecified atom stereocenters. The van der Waals surface area contributed by atoms with Crippen molar-refractivity contribution in [1.29, 1.82) is 0 Å². The van der Waals surface area contributed by atoms with Gasteiger partial charge in [-0.3, -0.25) is 9.52 Å². The van der Waals surface area contributed by atoms with Crippen LogP contribution in [0.2, 0.25) is 5.28 Å². The van der Waals surface area contributed by atoms with Gasteiger partial charge in [-0.1, -0.05) is 0 Å². The molecule has 1 aliphatic rings. The highest BCUT2D eigenvalue weighted by Crippen LogP contribution is 2.32. The monoisotopic (exact) mass is 428 g/mol. The number of ether oxygens (including phenoxy) is 1. The number of nitrogens with zero attached hydrogens (tertiary/aromatic N) is 3. The normalized spacial score (nSPS) is 20.9. The van der Waals surface area contributed by atoms with Gasteiger partial charge in [-0.05, 0) is 38.2 Å². The highest BCUT2D eigenvalue weighted by molar-refractivity contribution is 7.99. The van der Waals surface area contributed by atoms with Crippen LogP contribution < -0.4 is 9.62 Å². The number of hydrogen-bond acceptors (Lipinski definition) is 6. The van der Waals surface area contributed by atoms with Crippen molar-refractivity contribution >= 4 is 38.9 Å². The van der Waals surface area contributed by atoms with Gasteiger partial charge in [-0.15, -0.1) is 0 Å². The summed E-state index contributed by atoms with van der Waals surface area (Å²) in [7, 11) is -3.78. The predicted molar refractivity (Wildman–Crippen MR) is 97.2 cm³/mol. The van der Waals surface area contributed by atoms with Gasteiger partial charge < -0.3 is 9.64 Å². The van der Waals surface area contributed by atoms with Crippen LogP contribution in [0.25, 0.3) is 0 Å². The maximum absolute atomic E-state index is 12.8. The zero-order valence-electron chi connectivity index (χ0n) is 15.0. The third-order valence-corrected chi connectivity index (χ3v) is 6.85. The fraction of sp³-hybridized carbons (Fsp3) is 0.600. The van der Waals surface area contributed by atoms with Crippen molar-refractivity contribution in [2.75, 3.05) is 24.7 Å². The molecule has 2 heterocycles. The Morgan fingerprint density at radius 1 is 1.44 bits per heavy atom. The number of amides is 1. The first-order valence-electron chi connectivity index (χ1n) is 7.91. The van der Waals surface area contributed by atoms with Crippen LogP contribution in [0.3, 0.4) is 0 Å². The highest BCUT2D eigenvalue weighted by Gasteiger charge is 2.43. The molecule has 1 aromatic rings. The predicted octanol–water partition coefficient (Wildman–Crippen LogP) is 1.90. The van der Waals surface area contributed by atoms with Crippen LogP contribution in [0.5, 0.6) is 0 Å². The molecule has 1 N–H and O–H groups in total. The van der Waals surface area contributed by atoms with Gasteiger partial charge in [0.1, 0.15) is 5.82 Å². The molecular formula is C15H20ClF3N4O3S. The summed E-state index contributed by atoms with van der Waals surface area (Å²) in [4.78, 5) is 21.3. The summed E-state index contributed by atoms with van der Waals surface area (Å²) in [5.41, 5.74) is 0.0960. The molecule has 1 aromatic heterocycles. The number of carbonyl (C=O) groups is 1. The summed E-state index contributed by atoms with van der Waals surface area (Å²) in [6.45, 7) is 6.10. The third kappa shape index (κ3) is 4.64. The van der Waals surface area contributed by atoms with Crippen LogP contribution in [0.1, 0.15) is 26.5 Å². The molecule has 0 radical (unpaired) electrons. The van der Waals surface area contributed by atoms with Crippen LogP contribution in [-0.2, 0) is 24.0 Å². The molecule has 1 amide bonds. The van der Waals surface area contributed by atoms with E-state index in [2.05, 4.69) is 15.8 Å². The molecule has 7 nitrogen and oxygen atoms in total. The molecule has 12 heteroatoms. The number of anilines is 1. The van der Waals surface area contributed by atoms with Crippen LogP contribution in [0.15, 0.2) is 6.07 Å². The van der Waals surface area contributed by atoms with E-state index in [0.29, 0.717) is 25.6 Å². The van der Waals surface area contributed by atoms with Gasteiger partial charge in [0.15, 0.2) is 0 Å².